The molecular formula is C9H14INO. The van der Waals surface area contributed by atoms with Gasteiger partial charge in [0.15, 0.2) is 0 Å². The third-order valence-corrected chi connectivity index (χ3v) is 3.55. The fraction of sp³-hybridized carbons (Fsp3) is 0.889. The fourth-order valence-electron chi connectivity index (χ4n) is 2.24. The minimum Gasteiger partial charge on any atom is -0.355 e. The molecule has 0 aromatic heterocycles. The van der Waals surface area contributed by atoms with Crippen LogP contribution in [0.3, 0.4) is 0 Å². The Hall–Kier alpha value is 0.200. The van der Waals surface area contributed by atoms with Crippen LogP contribution in [0.2, 0.25) is 0 Å². The Morgan fingerprint density at radius 3 is 2.58 bits per heavy atom. The first-order valence-corrected chi connectivity index (χ1v) is 6.17. The highest BCUT2D eigenvalue weighted by Gasteiger charge is 2.47. The molecule has 3 heteroatoms. The first-order chi connectivity index (χ1) is 5.81. The maximum Gasteiger partial charge on any atom is 0.223 e. The van der Waals surface area contributed by atoms with Crippen molar-refractivity contribution in [2.75, 3.05) is 11.0 Å². The first-order valence-electron chi connectivity index (χ1n) is 4.65. The van der Waals surface area contributed by atoms with Crippen LogP contribution < -0.4 is 5.32 Å². The number of alkyl halides is 1. The summed E-state index contributed by atoms with van der Waals surface area (Å²) in [6, 6.07) is 0. The number of carbonyl (C=O) groups excluding carboxylic acids is 1. The van der Waals surface area contributed by atoms with Crippen LogP contribution in [-0.2, 0) is 4.79 Å². The highest BCUT2D eigenvalue weighted by Crippen LogP contribution is 2.54. The third-order valence-electron chi connectivity index (χ3n) is 3.01. The smallest absolute Gasteiger partial charge is 0.223 e. The van der Waals surface area contributed by atoms with Crippen LogP contribution in [-0.4, -0.2) is 16.9 Å². The molecule has 2 aliphatic carbocycles. The highest BCUT2D eigenvalue weighted by atomic mass is 127. The number of hydrogen-bond donors (Lipinski definition) is 1. The summed E-state index contributed by atoms with van der Waals surface area (Å²) in [5.41, 5.74) is 0. The van der Waals surface area contributed by atoms with Crippen LogP contribution in [0, 0.1) is 17.8 Å². The van der Waals surface area contributed by atoms with Crippen molar-refractivity contribution >= 4 is 28.5 Å². The minimum atomic E-state index is 0.305. The number of rotatable bonds is 3. The van der Waals surface area contributed by atoms with Gasteiger partial charge in [-0.05, 0) is 31.1 Å². The van der Waals surface area contributed by atoms with E-state index in [1.807, 2.05) is 0 Å². The molecule has 1 N–H and O–H groups in total. The quantitative estimate of drug-likeness (QED) is 0.617. The SMILES string of the molecule is O=C(NCCI)C1CC2CC2C1. The van der Waals surface area contributed by atoms with Gasteiger partial charge in [-0.1, -0.05) is 22.6 Å². The van der Waals surface area contributed by atoms with Crippen molar-refractivity contribution in [1.82, 2.24) is 5.32 Å². The Kier molecular flexibility index (Phi) is 2.57. The standard InChI is InChI=1S/C9H14INO/c10-1-2-11-9(12)8-4-6-3-7(6)5-8/h6-8H,1-5H2,(H,11,12). The summed E-state index contributed by atoms with van der Waals surface area (Å²) in [6.45, 7) is 0.839. The lowest BCUT2D eigenvalue weighted by atomic mass is 10.0. The van der Waals surface area contributed by atoms with Crippen molar-refractivity contribution in [2.45, 2.75) is 19.3 Å². The van der Waals surface area contributed by atoms with Crippen molar-refractivity contribution in [2.24, 2.45) is 17.8 Å². The predicted octanol–water partition coefficient (Wildman–Crippen LogP) is 1.58. The van der Waals surface area contributed by atoms with Crippen molar-refractivity contribution in [3.63, 3.8) is 0 Å². The van der Waals surface area contributed by atoms with Crippen molar-refractivity contribution in [3.05, 3.63) is 0 Å². The van der Waals surface area contributed by atoms with E-state index >= 15 is 0 Å². The van der Waals surface area contributed by atoms with Gasteiger partial charge in [0.1, 0.15) is 0 Å². The topological polar surface area (TPSA) is 29.1 Å². The monoisotopic (exact) mass is 279 g/mol. The van der Waals surface area contributed by atoms with Gasteiger partial charge in [-0.3, -0.25) is 4.79 Å². The molecule has 2 saturated carbocycles. The van der Waals surface area contributed by atoms with E-state index in [9.17, 15) is 4.79 Å². The summed E-state index contributed by atoms with van der Waals surface area (Å²) in [5.74, 6) is 2.50. The minimum absolute atomic E-state index is 0.305. The molecule has 1 amide bonds. The zero-order valence-corrected chi connectivity index (χ0v) is 9.21. The molecule has 2 rings (SSSR count). The molecule has 0 aliphatic heterocycles. The lowest BCUT2D eigenvalue weighted by Crippen LogP contribution is -2.31. The van der Waals surface area contributed by atoms with E-state index in [0.29, 0.717) is 11.8 Å². The molecule has 2 fully saturated rings. The molecule has 0 saturated heterocycles. The molecule has 2 nitrogen and oxygen atoms in total. The molecule has 2 unspecified atom stereocenters. The number of fused-ring (bicyclic) bond motifs is 1. The number of halogens is 1. The average Bonchev–Trinajstić information content (AvgIpc) is 2.69. The second-order valence-electron chi connectivity index (χ2n) is 3.90. The molecule has 0 aromatic rings. The van der Waals surface area contributed by atoms with Crippen LogP contribution in [0.4, 0.5) is 0 Å². The molecule has 0 bridgehead atoms. The van der Waals surface area contributed by atoms with Gasteiger partial charge in [0.2, 0.25) is 5.91 Å². The Balaban J connectivity index is 1.73. The van der Waals surface area contributed by atoms with E-state index in [-0.39, 0.29) is 0 Å². The number of nitrogens with one attached hydrogen (secondary N) is 1. The summed E-state index contributed by atoms with van der Waals surface area (Å²) < 4.78 is 1.02. The van der Waals surface area contributed by atoms with Crippen LogP contribution in [0.5, 0.6) is 0 Å². The largest absolute Gasteiger partial charge is 0.355 e. The Labute approximate surface area is 86.6 Å². The van der Waals surface area contributed by atoms with Gasteiger partial charge < -0.3 is 5.32 Å². The molecular weight excluding hydrogens is 265 g/mol. The molecule has 0 radical (unpaired) electrons. The van der Waals surface area contributed by atoms with E-state index in [1.54, 1.807) is 0 Å². The summed E-state index contributed by atoms with van der Waals surface area (Å²) in [6.07, 6.45) is 3.73. The van der Waals surface area contributed by atoms with E-state index in [4.69, 9.17) is 0 Å². The Morgan fingerprint density at radius 1 is 1.33 bits per heavy atom. The summed E-state index contributed by atoms with van der Waals surface area (Å²) in [7, 11) is 0. The van der Waals surface area contributed by atoms with Gasteiger partial charge in [0.25, 0.3) is 0 Å². The van der Waals surface area contributed by atoms with Crippen LogP contribution in [0.1, 0.15) is 19.3 Å². The fourth-order valence-corrected chi connectivity index (χ4v) is 2.51. The zero-order valence-electron chi connectivity index (χ0n) is 7.05. The average molecular weight is 279 g/mol. The summed E-state index contributed by atoms with van der Waals surface area (Å²) in [4.78, 5) is 11.5. The van der Waals surface area contributed by atoms with Gasteiger partial charge in [0, 0.05) is 16.9 Å². The number of hydrogen-bond acceptors (Lipinski definition) is 1. The van der Waals surface area contributed by atoms with E-state index < -0.39 is 0 Å². The van der Waals surface area contributed by atoms with Crippen LogP contribution >= 0.6 is 22.6 Å². The summed E-state index contributed by atoms with van der Waals surface area (Å²) in [5, 5.41) is 2.97. The van der Waals surface area contributed by atoms with Gasteiger partial charge in [-0.25, -0.2) is 0 Å². The van der Waals surface area contributed by atoms with Gasteiger partial charge in [0.05, 0.1) is 0 Å². The van der Waals surface area contributed by atoms with Gasteiger partial charge in [-0.2, -0.15) is 0 Å². The third kappa shape index (κ3) is 1.75. The maximum absolute atomic E-state index is 11.5. The molecule has 68 valence electrons. The zero-order chi connectivity index (χ0) is 8.55. The van der Waals surface area contributed by atoms with E-state index in [1.165, 1.54) is 6.42 Å². The van der Waals surface area contributed by atoms with Crippen LogP contribution in [0.25, 0.3) is 0 Å². The lowest BCUT2D eigenvalue weighted by Gasteiger charge is -2.10. The highest BCUT2D eigenvalue weighted by molar-refractivity contribution is 14.1. The predicted molar refractivity (Wildman–Crippen MR) is 56.2 cm³/mol. The molecule has 0 heterocycles. The van der Waals surface area contributed by atoms with Crippen molar-refractivity contribution < 1.29 is 4.79 Å². The molecule has 2 atom stereocenters. The van der Waals surface area contributed by atoms with Crippen molar-refractivity contribution in [1.29, 1.82) is 0 Å². The van der Waals surface area contributed by atoms with Crippen molar-refractivity contribution in [3.8, 4) is 0 Å². The Morgan fingerprint density at radius 2 is 2.00 bits per heavy atom. The summed E-state index contributed by atoms with van der Waals surface area (Å²) >= 11 is 2.28. The molecule has 12 heavy (non-hydrogen) atoms. The molecule has 2 aliphatic rings. The molecule has 0 aromatic carbocycles. The number of amides is 1. The maximum atomic E-state index is 11.5. The second-order valence-corrected chi connectivity index (χ2v) is 4.98. The lowest BCUT2D eigenvalue weighted by molar-refractivity contribution is -0.124. The first kappa shape index (κ1) is 8.78. The number of carbonyl (C=O) groups is 1. The molecule has 0 spiro atoms. The van der Waals surface area contributed by atoms with Crippen LogP contribution in [0.15, 0.2) is 0 Å². The van der Waals surface area contributed by atoms with E-state index in [2.05, 4.69) is 27.9 Å². The van der Waals surface area contributed by atoms with Gasteiger partial charge in [-0.15, -0.1) is 0 Å². The Bertz CT molecular complexity index is 185. The van der Waals surface area contributed by atoms with Gasteiger partial charge >= 0.3 is 0 Å². The van der Waals surface area contributed by atoms with E-state index in [0.717, 1.165) is 35.6 Å². The normalized spacial score (nSPS) is 37.6. The second kappa shape index (κ2) is 3.52.